The van der Waals surface area contributed by atoms with Crippen molar-refractivity contribution in [1.82, 2.24) is 5.06 Å². The van der Waals surface area contributed by atoms with E-state index in [4.69, 9.17) is 4.84 Å². The lowest BCUT2D eigenvalue weighted by Gasteiger charge is -2.22. The Morgan fingerprint density at radius 3 is 1.53 bits per heavy atom. The molecule has 0 bridgehead atoms. The molecule has 0 amide bonds. The van der Waals surface area contributed by atoms with Crippen LogP contribution >= 0.6 is 0 Å². The number of nitrogens with zero attached hydrogens (tertiary/aromatic N) is 1. The number of hydrogen-bond acceptors (Lipinski definition) is 2. The molecule has 2 aromatic carbocycles. The minimum absolute atomic E-state index is 0.0360. The first-order valence-electron chi connectivity index (χ1n) is 6.66. The van der Waals surface area contributed by atoms with Gasteiger partial charge in [-0.15, -0.1) is 5.06 Å². The number of hydrogen-bond donors (Lipinski definition) is 0. The molecule has 1 unspecified atom stereocenters. The molecule has 0 aliphatic carbocycles. The standard InChI is InChI=1S/C17H19NO/c1-16(2,3)18-17(19-18,14-10-6-4-7-11-14)15-12-8-5-9-13-15/h4-13H,1-3H3. The van der Waals surface area contributed by atoms with E-state index in [0.717, 1.165) is 0 Å². The van der Waals surface area contributed by atoms with E-state index in [1.807, 2.05) is 12.1 Å². The van der Waals surface area contributed by atoms with Gasteiger partial charge in [0, 0.05) is 16.7 Å². The van der Waals surface area contributed by atoms with Crippen LogP contribution in [-0.2, 0) is 10.6 Å². The van der Waals surface area contributed by atoms with Crippen LogP contribution in [0.5, 0.6) is 0 Å². The number of hydroxylamine groups is 2. The van der Waals surface area contributed by atoms with Gasteiger partial charge in [0.15, 0.2) is 0 Å². The van der Waals surface area contributed by atoms with Crippen LogP contribution in [0.3, 0.4) is 0 Å². The highest BCUT2D eigenvalue weighted by Crippen LogP contribution is 2.53. The zero-order valence-corrected chi connectivity index (χ0v) is 11.6. The van der Waals surface area contributed by atoms with Gasteiger partial charge in [-0.05, 0) is 20.8 Å². The number of rotatable bonds is 2. The van der Waals surface area contributed by atoms with Crippen LogP contribution in [-0.4, -0.2) is 10.6 Å². The molecular weight excluding hydrogens is 234 g/mol. The Balaban J connectivity index is 2.10. The Hall–Kier alpha value is -1.64. The first kappa shape index (κ1) is 12.4. The topological polar surface area (TPSA) is 15.5 Å². The van der Waals surface area contributed by atoms with Crippen LogP contribution < -0.4 is 0 Å². The predicted molar refractivity (Wildman–Crippen MR) is 76.3 cm³/mol. The van der Waals surface area contributed by atoms with Crippen molar-refractivity contribution in [2.45, 2.75) is 32.0 Å². The van der Waals surface area contributed by atoms with E-state index in [-0.39, 0.29) is 5.54 Å². The summed E-state index contributed by atoms with van der Waals surface area (Å²) in [5.41, 5.74) is 1.89. The molecule has 2 aromatic rings. The molecule has 0 saturated carbocycles. The summed E-state index contributed by atoms with van der Waals surface area (Å²) in [6.45, 7) is 6.50. The fourth-order valence-electron chi connectivity index (χ4n) is 2.56. The lowest BCUT2D eigenvalue weighted by Crippen LogP contribution is -2.32. The highest BCUT2D eigenvalue weighted by Gasteiger charge is 2.62. The van der Waals surface area contributed by atoms with Crippen LogP contribution in [0.15, 0.2) is 60.7 Å². The largest absolute Gasteiger partial charge is 0.260 e. The maximum Gasteiger partial charge on any atom is 0.216 e. The molecule has 1 saturated heterocycles. The molecule has 0 spiro atoms. The van der Waals surface area contributed by atoms with E-state index < -0.39 is 5.72 Å². The summed E-state index contributed by atoms with van der Waals surface area (Å²) in [5.74, 6) is 0. The average molecular weight is 253 g/mol. The smallest absolute Gasteiger partial charge is 0.216 e. The van der Waals surface area contributed by atoms with Crippen molar-refractivity contribution >= 4 is 0 Å². The third-order valence-electron chi connectivity index (χ3n) is 3.42. The SMILES string of the molecule is CC(C)(C)N1OC1(c1ccccc1)c1ccccc1. The summed E-state index contributed by atoms with van der Waals surface area (Å²) < 4.78 is 0. The molecular formula is C17H19NO. The minimum Gasteiger partial charge on any atom is -0.260 e. The van der Waals surface area contributed by atoms with E-state index in [1.165, 1.54) is 11.1 Å². The fraction of sp³-hybridized carbons (Fsp3) is 0.294. The zero-order valence-electron chi connectivity index (χ0n) is 11.6. The van der Waals surface area contributed by atoms with E-state index >= 15 is 0 Å². The quantitative estimate of drug-likeness (QED) is 0.753. The summed E-state index contributed by atoms with van der Waals surface area (Å²) >= 11 is 0. The van der Waals surface area contributed by atoms with Gasteiger partial charge in [0.25, 0.3) is 0 Å². The normalized spacial score (nSPS) is 21.1. The lowest BCUT2D eigenvalue weighted by atomic mass is 9.94. The van der Waals surface area contributed by atoms with Crippen LogP contribution in [0, 0.1) is 0 Å². The van der Waals surface area contributed by atoms with Crippen molar-refractivity contribution in [3.63, 3.8) is 0 Å². The second-order valence-electron chi connectivity index (χ2n) is 5.93. The van der Waals surface area contributed by atoms with Crippen LogP contribution in [0.1, 0.15) is 31.9 Å². The van der Waals surface area contributed by atoms with E-state index in [9.17, 15) is 0 Å². The summed E-state index contributed by atoms with van der Waals surface area (Å²) in [5, 5.41) is 2.07. The highest BCUT2D eigenvalue weighted by molar-refractivity contribution is 5.39. The van der Waals surface area contributed by atoms with E-state index in [2.05, 4.69) is 74.4 Å². The highest BCUT2D eigenvalue weighted by atomic mass is 16.9. The van der Waals surface area contributed by atoms with Gasteiger partial charge in [-0.1, -0.05) is 60.7 Å². The second-order valence-corrected chi connectivity index (χ2v) is 5.93. The maximum atomic E-state index is 6.07. The van der Waals surface area contributed by atoms with Crippen molar-refractivity contribution in [2.75, 3.05) is 0 Å². The number of benzene rings is 2. The molecule has 19 heavy (non-hydrogen) atoms. The average Bonchev–Trinajstić information content (AvgIpc) is 3.18. The molecule has 0 radical (unpaired) electrons. The van der Waals surface area contributed by atoms with Crippen molar-refractivity contribution in [3.05, 3.63) is 71.8 Å². The van der Waals surface area contributed by atoms with Crippen molar-refractivity contribution in [2.24, 2.45) is 0 Å². The van der Waals surface area contributed by atoms with E-state index in [1.54, 1.807) is 0 Å². The molecule has 1 aliphatic heterocycles. The van der Waals surface area contributed by atoms with Gasteiger partial charge < -0.3 is 0 Å². The maximum absolute atomic E-state index is 6.07. The van der Waals surface area contributed by atoms with E-state index in [0.29, 0.717) is 0 Å². The molecule has 0 N–H and O–H groups in total. The fourth-order valence-corrected chi connectivity index (χ4v) is 2.56. The molecule has 1 aliphatic rings. The Labute approximate surface area is 114 Å². The van der Waals surface area contributed by atoms with Crippen molar-refractivity contribution in [1.29, 1.82) is 0 Å². The molecule has 0 aromatic heterocycles. The first-order chi connectivity index (χ1) is 9.05. The Morgan fingerprint density at radius 1 is 0.789 bits per heavy atom. The Bertz CT molecular complexity index is 517. The van der Waals surface area contributed by atoms with Gasteiger partial charge in [0.2, 0.25) is 5.72 Å². The Morgan fingerprint density at radius 2 is 1.21 bits per heavy atom. The monoisotopic (exact) mass is 253 g/mol. The molecule has 3 rings (SSSR count). The van der Waals surface area contributed by atoms with Crippen molar-refractivity contribution < 1.29 is 4.84 Å². The summed E-state index contributed by atoms with van der Waals surface area (Å²) in [7, 11) is 0. The molecule has 2 heteroatoms. The first-order valence-corrected chi connectivity index (χ1v) is 6.66. The summed E-state index contributed by atoms with van der Waals surface area (Å²) in [6, 6.07) is 20.8. The van der Waals surface area contributed by atoms with Crippen LogP contribution in [0.4, 0.5) is 0 Å². The van der Waals surface area contributed by atoms with Crippen molar-refractivity contribution in [3.8, 4) is 0 Å². The molecule has 1 atom stereocenters. The summed E-state index contributed by atoms with van der Waals surface area (Å²) in [6.07, 6.45) is 0. The van der Waals surface area contributed by atoms with Gasteiger partial charge in [0.05, 0.1) is 0 Å². The molecule has 1 fully saturated rings. The predicted octanol–water partition coefficient (Wildman–Crippen LogP) is 3.93. The minimum atomic E-state index is -0.430. The third kappa shape index (κ3) is 1.97. The third-order valence-corrected chi connectivity index (χ3v) is 3.42. The van der Waals surface area contributed by atoms with Crippen LogP contribution in [0.2, 0.25) is 0 Å². The van der Waals surface area contributed by atoms with Gasteiger partial charge in [0.1, 0.15) is 0 Å². The lowest BCUT2D eigenvalue weighted by molar-refractivity contribution is 0.101. The van der Waals surface area contributed by atoms with Gasteiger partial charge in [-0.25, -0.2) is 0 Å². The van der Waals surface area contributed by atoms with Crippen LogP contribution in [0.25, 0.3) is 0 Å². The van der Waals surface area contributed by atoms with Gasteiger partial charge in [-0.2, -0.15) is 0 Å². The van der Waals surface area contributed by atoms with Gasteiger partial charge >= 0.3 is 0 Å². The molecule has 2 nitrogen and oxygen atoms in total. The Kier molecular flexibility index (Phi) is 2.73. The van der Waals surface area contributed by atoms with Gasteiger partial charge in [-0.3, -0.25) is 4.84 Å². The second kappa shape index (κ2) is 4.19. The zero-order chi connectivity index (χ0) is 13.5. The molecule has 1 heterocycles. The molecule has 98 valence electrons. The summed E-state index contributed by atoms with van der Waals surface area (Å²) in [4.78, 5) is 6.07.